The van der Waals surface area contributed by atoms with E-state index in [9.17, 15) is 14.4 Å². The van der Waals surface area contributed by atoms with Crippen LogP contribution in [0.5, 0.6) is 11.5 Å². The summed E-state index contributed by atoms with van der Waals surface area (Å²) in [6.07, 6.45) is 1.07. The number of methoxy groups -OCH3 is 1. The maximum atomic E-state index is 12.0. The quantitative estimate of drug-likeness (QED) is 0.711. The zero-order chi connectivity index (χ0) is 18.2. The van der Waals surface area contributed by atoms with Gasteiger partial charge in [-0.15, -0.1) is 0 Å². The van der Waals surface area contributed by atoms with Crippen molar-refractivity contribution in [3.8, 4) is 11.5 Å². The number of carbonyl (C=O) groups is 3. The summed E-state index contributed by atoms with van der Waals surface area (Å²) in [5, 5.41) is 0. The largest absolute Gasteiger partial charge is 0.497 e. The van der Waals surface area contributed by atoms with Gasteiger partial charge < -0.3 is 24.8 Å². The Hall–Kier alpha value is -2.77. The molecule has 1 aliphatic heterocycles. The number of rotatable bonds is 7. The van der Waals surface area contributed by atoms with Crippen LogP contribution in [0.15, 0.2) is 24.3 Å². The molecular formula is C17H22N2O6. The second kappa shape index (κ2) is 8.91. The second-order valence-electron chi connectivity index (χ2n) is 5.68. The number of esters is 1. The van der Waals surface area contributed by atoms with Crippen molar-refractivity contribution in [3.63, 3.8) is 0 Å². The van der Waals surface area contributed by atoms with Crippen LogP contribution < -0.4 is 15.2 Å². The van der Waals surface area contributed by atoms with Gasteiger partial charge in [-0.2, -0.15) is 0 Å². The van der Waals surface area contributed by atoms with Gasteiger partial charge in [0.2, 0.25) is 5.91 Å². The number of piperidine rings is 1. The smallest absolute Gasteiger partial charge is 0.344 e. The molecule has 2 N–H and O–H groups in total. The van der Waals surface area contributed by atoms with Crippen LogP contribution in [0, 0.1) is 5.92 Å². The second-order valence-corrected chi connectivity index (χ2v) is 5.68. The topological polar surface area (TPSA) is 108 Å². The first-order valence-corrected chi connectivity index (χ1v) is 7.99. The normalized spacial score (nSPS) is 14.7. The van der Waals surface area contributed by atoms with Crippen LogP contribution in [0.4, 0.5) is 0 Å². The minimum atomic E-state index is -0.629. The van der Waals surface area contributed by atoms with E-state index in [0.717, 1.165) is 0 Å². The average molecular weight is 350 g/mol. The van der Waals surface area contributed by atoms with Crippen LogP contribution in [-0.4, -0.2) is 56.1 Å². The molecular weight excluding hydrogens is 328 g/mol. The molecule has 0 bridgehead atoms. The van der Waals surface area contributed by atoms with Crippen molar-refractivity contribution in [3.05, 3.63) is 24.3 Å². The van der Waals surface area contributed by atoms with Gasteiger partial charge in [0.25, 0.3) is 5.91 Å². The molecule has 1 fully saturated rings. The van der Waals surface area contributed by atoms with Crippen LogP contribution in [0.2, 0.25) is 0 Å². The van der Waals surface area contributed by atoms with E-state index < -0.39 is 5.97 Å². The molecule has 0 saturated carbocycles. The number of hydrogen-bond acceptors (Lipinski definition) is 6. The summed E-state index contributed by atoms with van der Waals surface area (Å²) in [5.74, 6) is -0.270. The van der Waals surface area contributed by atoms with Gasteiger partial charge in [-0.3, -0.25) is 9.59 Å². The lowest BCUT2D eigenvalue weighted by Crippen LogP contribution is -2.43. The standard InChI is InChI=1S/C17H22N2O6/c1-23-13-2-4-14(5-3-13)24-11-16(21)25-10-15(20)19-8-6-12(7-9-19)17(18)22/h2-5,12H,6-11H2,1H3,(H2,18,22). The summed E-state index contributed by atoms with van der Waals surface area (Å²) in [5.41, 5.74) is 5.25. The van der Waals surface area contributed by atoms with E-state index in [-0.39, 0.29) is 30.9 Å². The average Bonchev–Trinajstić information content (AvgIpc) is 2.64. The van der Waals surface area contributed by atoms with Gasteiger partial charge in [-0.25, -0.2) is 4.79 Å². The van der Waals surface area contributed by atoms with Crippen LogP contribution in [0.3, 0.4) is 0 Å². The number of hydrogen-bond donors (Lipinski definition) is 1. The Kier molecular flexibility index (Phi) is 6.62. The summed E-state index contributed by atoms with van der Waals surface area (Å²) in [4.78, 5) is 36.3. The molecule has 0 aromatic heterocycles. The molecule has 0 aliphatic carbocycles. The number of carbonyl (C=O) groups excluding carboxylic acids is 3. The Morgan fingerprint density at radius 1 is 1.08 bits per heavy atom. The third-order valence-electron chi connectivity index (χ3n) is 4.02. The van der Waals surface area contributed by atoms with Crippen molar-refractivity contribution in [1.29, 1.82) is 0 Å². The summed E-state index contributed by atoms with van der Waals surface area (Å²) in [6, 6.07) is 6.75. The monoisotopic (exact) mass is 350 g/mol. The zero-order valence-electron chi connectivity index (χ0n) is 14.1. The molecule has 8 nitrogen and oxygen atoms in total. The first-order chi connectivity index (χ1) is 12.0. The highest BCUT2D eigenvalue weighted by molar-refractivity contribution is 5.82. The van der Waals surface area contributed by atoms with Gasteiger partial charge in [-0.05, 0) is 37.1 Å². The maximum Gasteiger partial charge on any atom is 0.344 e. The number of amides is 2. The fourth-order valence-electron chi connectivity index (χ4n) is 2.50. The number of benzene rings is 1. The zero-order valence-corrected chi connectivity index (χ0v) is 14.1. The van der Waals surface area contributed by atoms with Gasteiger partial charge in [0.15, 0.2) is 13.2 Å². The number of likely N-dealkylation sites (tertiary alicyclic amines) is 1. The third kappa shape index (κ3) is 5.66. The molecule has 2 rings (SSSR count). The fraction of sp³-hybridized carbons (Fsp3) is 0.471. The number of nitrogens with zero attached hydrogens (tertiary/aromatic N) is 1. The fourth-order valence-corrected chi connectivity index (χ4v) is 2.50. The van der Waals surface area contributed by atoms with Crippen molar-refractivity contribution in [2.75, 3.05) is 33.4 Å². The van der Waals surface area contributed by atoms with Crippen LogP contribution >= 0.6 is 0 Å². The molecule has 25 heavy (non-hydrogen) atoms. The van der Waals surface area contributed by atoms with Gasteiger partial charge in [0.05, 0.1) is 7.11 Å². The molecule has 1 aromatic carbocycles. The minimum Gasteiger partial charge on any atom is -0.497 e. The lowest BCUT2D eigenvalue weighted by Gasteiger charge is -2.30. The van der Waals surface area contributed by atoms with Crippen molar-refractivity contribution >= 4 is 17.8 Å². The molecule has 1 aromatic rings. The molecule has 1 aliphatic rings. The molecule has 0 atom stereocenters. The Bertz CT molecular complexity index is 608. The highest BCUT2D eigenvalue weighted by Crippen LogP contribution is 2.17. The minimum absolute atomic E-state index is 0.190. The van der Waals surface area contributed by atoms with E-state index >= 15 is 0 Å². The highest BCUT2D eigenvalue weighted by atomic mass is 16.6. The molecule has 2 amide bonds. The Morgan fingerprint density at radius 3 is 2.24 bits per heavy atom. The summed E-state index contributed by atoms with van der Waals surface area (Å²) in [7, 11) is 1.56. The van der Waals surface area contributed by atoms with Crippen molar-refractivity contribution in [2.24, 2.45) is 11.7 Å². The Balaban J connectivity index is 1.67. The van der Waals surface area contributed by atoms with Gasteiger partial charge in [0.1, 0.15) is 11.5 Å². The van der Waals surface area contributed by atoms with Gasteiger partial charge in [-0.1, -0.05) is 0 Å². The van der Waals surface area contributed by atoms with Gasteiger partial charge >= 0.3 is 5.97 Å². The van der Waals surface area contributed by atoms with E-state index in [1.54, 1.807) is 36.3 Å². The van der Waals surface area contributed by atoms with E-state index in [2.05, 4.69) is 0 Å². The highest BCUT2D eigenvalue weighted by Gasteiger charge is 2.26. The van der Waals surface area contributed by atoms with Gasteiger partial charge in [0, 0.05) is 19.0 Å². The number of ether oxygens (including phenoxy) is 3. The Labute approximate surface area is 145 Å². The predicted octanol–water partition coefficient (Wildman–Crippen LogP) is 0.341. The van der Waals surface area contributed by atoms with E-state index in [4.69, 9.17) is 19.9 Å². The Morgan fingerprint density at radius 2 is 1.68 bits per heavy atom. The molecule has 0 spiro atoms. The lowest BCUT2D eigenvalue weighted by molar-refractivity contribution is -0.154. The summed E-state index contributed by atoms with van der Waals surface area (Å²) < 4.78 is 15.2. The number of primary amides is 1. The molecule has 1 saturated heterocycles. The first-order valence-electron chi connectivity index (χ1n) is 7.99. The summed E-state index contributed by atoms with van der Waals surface area (Å²) >= 11 is 0. The van der Waals surface area contributed by atoms with E-state index in [1.165, 1.54) is 0 Å². The first kappa shape index (κ1) is 18.6. The van der Waals surface area contributed by atoms with Crippen molar-refractivity contribution in [1.82, 2.24) is 4.90 Å². The lowest BCUT2D eigenvalue weighted by atomic mass is 9.96. The molecule has 0 unspecified atom stereocenters. The van der Waals surface area contributed by atoms with E-state index in [0.29, 0.717) is 37.4 Å². The molecule has 1 heterocycles. The third-order valence-corrected chi connectivity index (χ3v) is 4.02. The van der Waals surface area contributed by atoms with Crippen molar-refractivity contribution < 1.29 is 28.6 Å². The molecule has 136 valence electrons. The maximum absolute atomic E-state index is 12.0. The van der Waals surface area contributed by atoms with Crippen molar-refractivity contribution in [2.45, 2.75) is 12.8 Å². The molecule has 8 heteroatoms. The predicted molar refractivity (Wildman–Crippen MR) is 87.9 cm³/mol. The number of nitrogens with two attached hydrogens (primary N) is 1. The molecule has 0 radical (unpaired) electrons. The summed E-state index contributed by atoms with van der Waals surface area (Å²) in [6.45, 7) is 0.244. The van der Waals surface area contributed by atoms with Crippen LogP contribution in [0.25, 0.3) is 0 Å². The van der Waals surface area contributed by atoms with Crippen LogP contribution in [-0.2, 0) is 19.1 Å². The van der Waals surface area contributed by atoms with E-state index in [1.807, 2.05) is 0 Å². The SMILES string of the molecule is COc1ccc(OCC(=O)OCC(=O)N2CCC(C(N)=O)CC2)cc1. The van der Waals surface area contributed by atoms with Crippen LogP contribution in [0.1, 0.15) is 12.8 Å².